The van der Waals surface area contributed by atoms with Crippen LogP contribution in [0.1, 0.15) is 13.8 Å². The molecule has 6 nitrogen and oxygen atoms in total. The minimum absolute atomic E-state index is 0.103. The molecule has 1 aliphatic rings. The van der Waals surface area contributed by atoms with Gasteiger partial charge < -0.3 is 4.74 Å². The first-order valence-electron chi connectivity index (χ1n) is 7.32. The summed E-state index contributed by atoms with van der Waals surface area (Å²) in [6, 6.07) is 2.89. The molecule has 1 aromatic heterocycles. The van der Waals surface area contributed by atoms with Crippen molar-refractivity contribution < 1.29 is 13.2 Å². The normalized spacial score (nSPS) is 20.5. The van der Waals surface area contributed by atoms with E-state index in [1.165, 1.54) is 18.3 Å². The van der Waals surface area contributed by atoms with Crippen LogP contribution in [0.5, 0.6) is 0 Å². The van der Waals surface area contributed by atoms with Crippen molar-refractivity contribution in [2.24, 2.45) is 5.92 Å². The zero-order valence-corrected chi connectivity index (χ0v) is 14.4. The van der Waals surface area contributed by atoms with Crippen LogP contribution in [0.15, 0.2) is 23.2 Å². The second kappa shape index (κ2) is 7.70. The lowest BCUT2D eigenvalue weighted by atomic mass is 10.2. The summed E-state index contributed by atoms with van der Waals surface area (Å²) >= 11 is 5.67. The molecule has 2 rings (SSSR count). The molecule has 0 aliphatic carbocycles. The summed E-state index contributed by atoms with van der Waals surface area (Å²) in [5.41, 5.74) is 0. The van der Waals surface area contributed by atoms with E-state index in [0.29, 0.717) is 12.5 Å². The lowest BCUT2D eigenvalue weighted by Crippen LogP contribution is -2.48. The number of pyridine rings is 1. The summed E-state index contributed by atoms with van der Waals surface area (Å²) in [6.07, 6.45) is 1.11. The lowest BCUT2D eigenvalue weighted by molar-refractivity contribution is -0.0280. The van der Waals surface area contributed by atoms with Gasteiger partial charge >= 0.3 is 0 Å². The summed E-state index contributed by atoms with van der Waals surface area (Å²) < 4.78 is 32.6. The molecule has 1 atom stereocenters. The Morgan fingerprint density at radius 2 is 2.27 bits per heavy atom. The number of nitrogens with one attached hydrogen (secondary N) is 1. The molecule has 0 aromatic carbocycles. The van der Waals surface area contributed by atoms with E-state index in [4.69, 9.17) is 16.3 Å². The Morgan fingerprint density at radius 1 is 1.50 bits per heavy atom. The van der Waals surface area contributed by atoms with Gasteiger partial charge in [-0.05, 0) is 18.1 Å². The Morgan fingerprint density at radius 3 is 2.91 bits per heavy atom. The standard InChI is InChI=1S/C14H22ClN3O3S/c1-11(2)9-18-5-6-21-12(10-18)7-17-22(19,20)13-3-4-14(15)16-8-13/h3-4,8,11-12,17H,5-7,9-10H2,1-2H3. The molecule has 0 amide bonds. The summed E-state index contributed by atoms with van der Waals surface area (Å²) in [5.74, 6) is 0.579. The van der Waals surface area contributed by atoms with E-state index in [0.717, 1.165) is 19.6 Å². The van der Waals surface area contributed by atoms with E-state index in [-0.39, 0.29) is 22.7 Å². The van der Waals surface area contributed by atoms with Crippen molar-refractivity contribution in [1.29, 1.82) is 0 Å². The van der Waals surface area contributed by atoms with E-state index in [1.807, 2.05) is 0 Å². The molecule has 0 spiro atoms. The molecule has 1 saturated heterocycles. The number of sulfonamides is 1. The van der Waals surface area contributed by atoms with Gasteiger partial charge in [0.05, 0.1) is 12.7 Å². The number of ether oxygens (including phenoxy) is 1. The molecule has 8 heteroatoms. The highest BCUT2D eigenvalue weighted by Gasteiger charge is 2.23. The van der Waals surface area contributed by atoms with Crippen molar-refractivity contribution in [3.05, 3.63) is 23.5 Å². The molecule has 2 heterocycles. The Hall–Kier alpha value is -0.730. The summed E-state index contributed by atoms with van der Waals surface area (Å²) in [7, 11) is -3.59. The second-order valence-electron chi connectivity index (χ2n) is 5.81. The van der Waals surface area contributed by atoms with Crippen LogP contribution >= 0.6 is 11.6 Å². The van der Waals surface area contributed by atoms with Crippen LogP contribution in [0.3, 0.4) is 0 Å². The molecule has 0 radical (unpaired) electrons. The van der Waals surface area contributed by atoms with Gasteiger partial charge in [-0.2, -0.15) is 0 Å². The average molecular weight is 348 g/mol. The van der Waals surface area contributed by atoms with Gasteiger partial charge in [-0.1, -0.05) is 25.4 Å². The molecule has 1 fully saturated rings. The van der Waals surface area contributed by atoms with E-state index in [1.54, 1.807) is 0 Å². The Bertz CT molecular complexity index is 578. The van der Waals surface area contributed by atoms with Gasteiger partial charge in [-0.3, -0.25) is 4.90 Å². The van der Waals surface area contributed by atoms with Gasteiger partial charge in [0, 0.05) is 32.4 Å². The Kier molecular flexibility index (Phi) is 6.17. The molecule has 1 aliphatic heterocycles. The lowest BCUT2D eigenvalue weighted by Gasteiger charge is -2.33. The minimum atomic E-state index is -3.59. The first-order chi connectivity index (χ1) is 10.4. The van der Waals surface area contributed by atoms with Gasteiger partial charge in [-0.15, -0.1) is 0 Å². The third-order valence-corrected chi connectivity index (χ3v) is 4.99. The highest BCUT2D eigenvalue weighted by Crippen LogP contribution is 2.12. The first kappa shape index (κ1) is 17.6. The fraction of sp³-hybridized carbons (Fsp3) is 0.643. The van der Waals surface area contributed by atoms with Crippen molar-refractivity contribution in [2.45, 2.75) is 24.8 Å². The predicted molar refractivity (Wildman–Crippen MR) is 85.5 cm³/mol. The van der Waals surface area contributed by atoms with Crippen LogP contribution < -0.4 is 4.72 Å². The number of halogens is 1. The fourth-order valence-electron chi connectivity index (χ4n) is 2.39. The van der Waals surface area contributed by atoms with Crippen LogP contribution in [0.25, 0.3) is 0 Å². The topological polar surface area (TPSA) is 71.5 Å². The number of morpholine rings is 1. The monoisotopic (exact) mass is 347 g/mol. The number of aromatic nitrogens is 1. The maximum absolute atomic E-state index is 12.2. The van der Waals surface area contributed by atoms with Crippen LogP contribution in [-0.4, -0.2) is 57.2 Å². The molecule has 0 saturated carbocycles. The molecule has 1 aromatic rings. The third kappa shape index (κ3) is 5.17. The third-order valence-electron chi connectivity index (χ3n) is 3.36. The summed E-state index contributed by atoms with van der Waals surface area (Å²) in [6.45, 7) is 7.83. The SMILES string of the molecule is CC(C)CN1CCOC(CNS(=O)(=O)c2ccc(Cl)nc2)C1. The Labute approximate surface area is 136 Å². The van der Waals surface area contributed by atoms with E-state index in [2.05, 4.69) is 28.5 Å². The van der Waals surface area contributed by atoms with Crippen LogP contribution in [0, 0.1) is 5.92 Å². The van der Waals surface area contributed by atoms with Crippen molar-refractivity contribution in [3.8, 4) is 0 Å². The smallest absolute Gasteiger partial charge is 0.242 e. The zero-order valence-electron chi connectivity index (χ0n) is 12.8. The maximum atomic E-state index is 12.2. The number of hydrogen-bond acceptors (Lipinski definition) is 5. The van der Waals surface area contributed by atoms with Gasteiger partial charge in [0.15, 0.2) is 0 Å². The first-order valence-corrected chi connectivity index (χ1v) is 9.18. The van der Waals surface area contributed by atoms with E-state index >= 15 is 0 Å². The molecule has 0 bridgehead atoms. The number of rotatable bonds is 6. The highest BCUT2D eigenvalue weighted by molar-refractivity contribution is 7.89. The van der Waals surface area contributed by atoms with Crippen molar-refractivity contribution >= 4 is 21.6 Å². The fourth-order valence-corrected chi connectivity index (χ4v) is 3.52. The van der Waals surface area contributed by atoms with Gasteiger partial charge in [0.1, 0.15) is 10.0 Å². The number of hydrogen-bond donors (Lipinski definition) is 1. The van der Waals surface area contributed by atoms with Crippen LogP contribution in [0.2, 0.25) is 5.15 Å². The molecule has 124 valence electrons. The molecular formula is C14H22ClN3O3S. The van der Waals surface area contributed by atoms with Gasteiger partial charge in [0.2, 0.25) is 10.0 Å². The van der Waals surface area contributed by atoms with Crippen LogP contribution in [0.4, 0.5) is 0 Å². The molecule has 1 N–H and O–H groups in total. The zero-order chi connectivity index (χ0) is 16.2. The maximum Gasteiger partial charge on any atom is 0.242 e. The predicted octanol–water partition coefficient (Wildman–Crippen LogP) is 1.37. The van der Waals surface area contributed by atoms with E-state index < -0.39 is 10.0 Å². The quantitative estimate of drug-likeness (QED) is 0.787. The summed E-state index contributed by atoms with van der Waals surface area (Å²) in [5, 5.41) is 0.263. The molecule has 22 heavy (non-hydrogen) atoms. The minimum Gasteiger partial charge on any atom is -0.374 e. The van der Waals surface area contributed by atoms with Gasteiger partial charge in [-0.25, -0.2) is 18.1 Å². The van der Waals surface area contributed by atoms with Crippen molar-refractivity contribution in [3.63, 3.8) is 0 Å². The molecular weight excluding hydrogens is 326 g/mol. The average Bonchev–Trinajstić information content (AvgIpc) is 2.45. The largest absolute Gasteiger partial charge is 0.374 e. The molecule has 1 unspecified atom stereocenters. The highest BCUT2D eigenvalue weighted by atomic mass is 35.5. The van der Waals surface area contributed by atoms with Gasteiger partial charge in [0.25, 0.3) is 0 Å². The van der Waals surface area contributed by atoms with Crippen molar-refractivity contribution in [2.75, 3.05) is 32.8 Å². The van der Waals surface area contributed by atoms with Crippen LogP contribution in [-0.2, 0) is 14.8 Å². The van der Waals surface area contributed by atoms with Crippen molar-refractivity contribution in [1.82, 2.24) is 14.6 Å². The second-order valence-corrected chi connectivity index (χ2v) is 7.97. The van der Waals surface area contributed by atoms with E-state index in [9.17, 15) is 8.42 Å². The number of nitrogens with zero attached hydrogens (tertiary/aromatic N) is 2. The Balaban J connectivity index is 1.90. The summed E-state index contributed by atoms with van der Waals surface area (Å²) in [4.78, 5) is 6.20.